The third-order valence-corrected chi connectivity index (χ3v) is 4.14. The van der Waals surface area contributed by atoms with Gasteiger partial charge in [-0.1, -0.05) is 24.3 Å². The number of nitrogens with one attached hydrogen (secondary N) is 1. The normalized spacial score (nSPS) is 11.1. The fourth-order valence-corrected chi connectivity index (χ4v) is 3.02. The number of hydrogen-bond acceptors (Lipinski definition) is 4. The minimum Gasteiger partial charge on any atom is -0.376 e. The van der Waals surface area contributed by atoms with E-state index >= 15 is 0 Å². The molecule has 2 aromatic rings. The summed E-state index contributed by atoms with van der Waals surface area (Å²) in [5, 5.41) is 2.88. The topological polar surface area (TPSA) is 66.5 Å². The zero-order chi connectivity index (χ0) is 17.0. The summed E-state index contributed by atoms with van der Waals surface area (Å²) in [6, 6.07) is 14.1. The number of amides is 1. The quantitative estimate of drug-likeness (QED) is 0.914. The lowest BCUT2D eigenvalue weighted by Crippen LogP contribution is -2.16. The van der Waals surface area contributed by atoms with Crippen molar-refractivity contribution in [1.82, 2.24) is 0 Å². The number of carbonyl (C=O) groups is 1. The molecule has 5 nitrogen and oxygen atoms in total. The molecule has 0 aromatic heterocycles. The molecule has 2 aromatic carbocycles. The van der Waals surface area contributed by atoms with Crippen LogP contribution in [0.1, 0.15) is 15.9 Å². The standard InChI is InChI=1S/C17H20N2O3S/c1-19(2)16-7-5-4-6-15(16)18-17(20)14-10-8-13(9-11-14)12-23(3,21)22/h4-11H,12H2,1-3H3,(H,18,20). The second kappa shape index (κ2) is 6.83. The number of carbonyl (C=O) groups excluding carboxylic acids is 1. The molecular formula is C17H20N2O3S. The number of sulfone groups is 1. The van der Waals surface area contributed by atoms with Crippen molar-refractivity contribution in [1.29, 1.82) is 0 Å². The van der Waals surface area contributed by atoms with Crippen molar-refractivity contribution in [2.75, 3.05) is 30.6 Å². The van der Waals surface area contributed by atoms with Gasteiger partial charge in [-0.2, -0.15) is 0 Å². The number of para-hydroxylation sites is 2. The maximum Gasteiger partial charge on any atom is 0.255 e. The van der Waals surface area contributed by atoms with Gasteiger partial charge in [-0.25, -0.2) is 8.42 Å². The minimum atomic E-state index is -3.08. The fraction of sp³-hybridized carbons (Fsp3) is 0.235. The molecule has 0 radical (unpaired) electrons. The molecule has 0 atom stereocenters. The van der Waals surface area contributed by atoms with Gasteiger partial charge >= 0.3 is 0 Å². The van der Waals surface area contributed by atoms with Crippen LogP contribution in [0.3, 0.4) is 0 Å². The van der Waals surface area contributed by atoms with Crippen molar-refractivity contribution in [3.63, 3.8) is 0 Å². The summed E-state index contributed by atoms with van der Waals surface area (Å²) < 4.78 is 22.6. The molecule has 0 aliphatic rings. The summed E-state index contributed by atoms with van der Waals surface area (Å²) in [6.45, 7) is 0. The van der Waals surface area contributed by atoms with Crippen molar-refractivity contribution in [2.45, 2.75) is 5.75 Å². The fourth-order valence-electron chi connectivity index (χ4n) is 2.22. The Morgan fingerprint density at radius 2 is 1.65 bits per heavy atom. The lowest BCUT2D eigenvalue weighted by Gasteiger charge is -2.17. The van der Waals surface area contributed by atoms with Crippen molar-refractivity contribution in [3.05, 3.63) is 59.7 Å². The third-order valence-electron chi connectivity index (χ3n) is 3.28. The molecule has 1 amide bonds. The highest BCUT2D eigenvalue weighted by molar-refractivity contribution is 7.89. The average Bonchev–Trinajstić information content (AvgIpc) is 2.46. The summed E-state index contributed by atoms with van der Waals surface area (Å²) >= 11 is 0. The molecule has 0 unspecified atom stereocenters. The Morgan fingerprint density at radius 3 is 2.22 bits per heavy atom. The summed E-state index contributed by atoms with van der Waals surface area (Å²) in [5.41, 5.74) is 2.78. The molecule has 2 rings (SSSR count). The van der Waals surface area contributed by atoms with Gasteiger partial charge in [-0.05, 0) is 29.8 Å². The lowest BCUT2D eigenvalue weighted by atomic mass is 10.1. The first kappa shape index (κ1) is 17.0. The van der Waals surface area contributed by atoms with Crippen LogP contribution in [0.2, 0.25) is 0 Å². The Bertz CT molecular complexity index is 797. The average molecular weight is 332 g/mol. The van der Waals surface area contributed by atoms with E-state index in [4.69, 9.17) is 0 Å². The maximum absolute atomic E-state index is 12.3. The first-order valence-corrected chi connectivity index (χ1v) is 9.17. The van der Waals surface area contributed by atoms with Gasteiger partial charge in [0.1, 0.15) is 0 Å². The molecule has 1 N–H and O–H groups in total. The van der Waals surface area contributed by atoms with Crippen LogP contribution in [-0.2, 0) is 15.6 Å². The van der Waals surface area contributed by atoms with Crippen LogP contribution in [0, 0.1) is 0 Å². The monoisotopic (exact) mass is 332 g/mol. The number of benzene rings is 2. The number of hydrogen-bond donors (Lipinski definition) is 1. The molecule has 0 aliphatic heterocycles. The molecule has 0 bridgehead atoms. The molecule has 6 heteroatoms. The highest BCUT2D eigenvalue weighted by Crippen LogP contribution is 2.24. The van der Waals surface area contributed by atoms with Crippen LogP contribution in [0.5, 0.6) is 0 Å². The maximum atomic E-state index is 12.3. The van der Waals surface area contributed by atoms with Crippen LogP contribution < -0.4 is 10.2 Å². The second-order valence-corrected chi connectivity index (χ2v) is 7.77. The van der Waals surface area contributed by atoms with Crippen molar-refractivity contribution >= 4 is 27.1 Å². The molecule has 0 saturated carbocycles. The van der Waals surface area contributed by atoms with Crippen molar-refractivity contribution in [2.24, 2.45) is 0 Å². The SMILES string of the molecule is CN(C)c1ccccc1NC(=O)c1ccc(CS(C)(=O)=O)cc1. The Balaban J connectivity index is 2.16. The molecule has 0 saturated heterocycles. The zero-order valence-electron chi connectivity index (χ0n) is 13.4. The van der Waals surface area contributed by atoms with Crippen LogP contribution in [0.4, 0.5) is 11.4 Å². The van der Waals surface area contributed by atoms with E-state index in [1.54, 1.807) is 24.3 Å². The van der Waals surface area contributed by atoms with Gasteiger partial charge in [0, 0.05) is 25.9 Å². The number of rotatable bonds is 5. The first-order valence-electron chi connectivity index (χ1n) is 7.10. The van der Waals surface area contributed by atoms with Gasteiger partial charge in [0.2, 0.25) is 0 Å². The smallest absolute Gasteiger partial charge is 0.255 e. The van der Waals surface area contributed by atoms with Gasteiger partial charge in [0.05, 0.1) is 17.1 Å². The second-order valence-electron chi connectivity index (χ2n) is 5.63. The van der Waals surface area contributed by atoms with Crippen molar-refractivity contribution in [3.8, 4) is 0 Å². The number of anilines is 2. The molecule has 0 heterocycles. The highest BCUT2D eigenvalue weighted by atomic mass is 32.2. The Morgan fingerprint density at radius 1 is 1.04 bits per heavy atom. The summed E-state index contributed by atoms with van der Waals surface area (Å²) in [6.07, 6.45) is 1.19. The van der Waals surface area contributed by atoms with E-state index in [1.807, 2.05) is 43.3 Å². The Labute approximate surface area is 136 Å². The summed E-state index contributed by atoms with van der Waals surface area (Å²) in [5.74, 6) is -0.261. The van der Waals surface area contributed by atoms with Crippen LogP contribution in [-0.4, -0.2) is 34.7 Å². The predicted molar refractivity (Wildman–Crippen MR) is 93.7 cm³/mol. The van der Waals surface area contributed by atoms with Crippen LogP contribution in [0.15, 0.2) is 48.5 Å². The van der Waals surface area contributed by atoms with Gasteiger partial charge in [0.15, 0.2) is 9.84 Å². The molecule has 0 fully saturated rings. The van der Waals surface area contributed by atoms with Gasteiger partial charge in [-0.3, -0.25) is 4.79 Å². The highest BCUT2D eigenvalue weighted by Gasteiger charge is 2.11. The Hall–Kier alpha value is -2.34. The minimum absolute atomic E-state index is 0.0294. The Kier molecular flexibility index (Phi) is 5.05. The van der Waals surface area contributed by atoms with E-state index in [1.165, 1.54) is 6.26 Å². The molecule has 0 spiro atoms. The molecule has 23 heavy (non-hydrogen) atoms. The lowest BCUT2D eigenvalue weighted by molar-refractivity contribution is 0.102. The molecule has 0 aliphatic carbocycles. The first-order chi connectivity index (χ1) is 10.8. The van der Waals surface area contributed by atoms with E-state index in [0.29, 0.717) is 11.1 Å². The number of nitrogens with zero attached hydrogens (tertiary/aromatic N) is 1. The van der Waals surface area contributed by atoms with Crippen LogP contribution >= 0.6 is 0 Å². The third kappa shape index (κ3) is 4.82. The van der Waals surface area contributed by atoms with Gasteiger partial charge in [0.25, 0.3) is 5.91 Å². The van der Waals surface area contributed by atoms with Gasteiger partial charge < -0.3 is 10.2 Å². The van der Waals surface area contributed by atoms with E-state index in [9.17, 15) is 13.2 Å². The zero-order valence-corrected chi connectivity index (χ0v) is 14.2. The largest absolute Gasteiger partial charge is 0.376 e. The summed E-state index contributed by atoms with van der Waals surface area (Å²) in [4.78, 5) is 14.3. The van der Waals surface area contributed by atoms with Crippen molar-refractivity contribution < 1.29 is 13.2 Å². The van der Waals surface area contributed by atoms with Crippen LogP contribution in [0.25, 0.3) is 0 Å². The predicted octanol–water partition coefficient (Wildman–Crippen LogP) is 2.55. The molecule has 122 valence electrons. The van der Waals surface area contributed by atoms with E-state index in [2.05, 4.69) is 5.32 Å². The van der Waals surface area contributed by atoms with E-state index < -0.39 is 9.84 Å². The molecular weight excluding hydrogens is 312 g/mol. The van der Waals surface area contributed by atoms with E-state index in [0.717, 1.165) is 11.4 Å². The van der Waals surface area contributed by atoms with E-state index in [-0.39, 0.29) is 11.7 Å². The summed E-state index contributed by atoms with van der Waals surface area (Å²) in [7, 11) is 0.735. The van der Waals surface area contributed by atoms with Gasteiger partial charge in [-0.15, -0.1) is 0 Å².